The summed E-state index contributed by atoms with van der Waals surface area (Å²) < 4.78 is 5.00. The summed E-state index contributed by atoms with van der Waals surface area (Å²) in [5, 5.41) is 10.4. The van der Waals surface area contributed by atoms with Crippen LogP contribution in [0.3, 0.4) is 0 Å². The number of benzene rings is 1. The molecule has 1 atom stereocenters. The maximum atomic E-state index is 12.9. The molecule has 24 heavy (non-hydrogen) atoms. The first-order valence-corrected chi connectivity index (χ1v) is 7.93. The molecule has 0 unspecified atom stereocenters. The number of amides is 1. The predicted molar refractivity (Wildman–Crippen MR) is 95.2 cm³/mol. The number of rotatable bonds is 3. The van der Waals surface area contributed by atoms with Gasteiger partial charge in [0.05, 0.1) is 11.6 Å². The summed E-state index contributed by atoms with van der Waals surface area (Å²) in [4.78, 5) is 14.7. The highest BCUT2D eigenvalue weighted by atomic mass is 32.1. The number of hydrogen-bond donors (Lipinski definition) is 2. The molecule has 124 valence electrons. The van der Waals surface area contributed by atoms with E-state index in [2.05, 4.69) is 15.8 Å². The Hall–Kier alpha value is -2.67. The molecule has 1 amide bonds. The van der Waals surface area contributed by atoms with Gasteiger partial charge in [0.2, 0.25) is 0 Å². The van der Waals surface area contributed by atoms with Gasteiger partial charge in [-0.05, 0) is 31.6 Å². The zero-order chi connectivity index (χ0) is 17.3. The molecule has 0 spiro atoms. The fraction of sp³-hybridized carbons (Fsp3) is 0.235. The Morgan fingerprint density at radius 2 is 2.04 bits per heavy atom. The number of nitrogens with one attached hydrogen (secondary N) is 2. The number of aryl methyl sites for hydroxylation is 1. The molecule has 6 nitrogen and oxygen atoms in total. The maximum Gasteiger partial charge on any atom is 0.257 e. The fourth-order valence-electron chi connectivity index (χ4n) is 2.63. The van der Waals surface area contributed by atoms with Crippen LogP contribution in [0.2, 0.25) is 0 Å². The first-order chi connectivity index (χ1) is 11.5. The fourth-order valence-corrected chi connectivity index (χ4v) is 2.89. The molecular formula is C17H18N4O2S. The highest BCUT2D eigenvalue weighted by Gasteiger charge is 2.32. The number of aromatic nitrogens is 1. The van der Waals surface area contributed by atoms with E-state index in [4.69, 9.17) is 16.7 Å². The molecule has 1 aromatic carbocycles. The summed E-state index contributed by atoms with van der Waals surface area (Å²) >= 11 is 5.38. The Morgan fingerprint density at radius 1 is 1.33 bits per heavy atom. The molecule has 0 bridgehead atoms. The second-order valence-corrected chi connectivity index (χ2v) is 6.01. The SMILES string of the molecule is CC1=C(C(=O)Nc2cc(C)on2)[C@H](c2ccccc2)NC(=S)N1C. The van der Waals surface area contributed by atoms with E-state index in [0.29, 0.717) is 22.3 Å². The average molecular weight is 342 g/mol. The zero-order valence-corrected chi connectivity index (χ0v) is 14.5. The van der Waals surface area contributed by atoms with Crippen molar-refractivity contribution in [3.05, 3.63) is 59.0 Å². The monoisotopic (exact) mass is 342 g/mol. The molecule has 7 heteroatoms. The molecule has 0 fully saturated rings. The van der Waals surface area contributed by atoms with Crippen LogP contribution in [0.1, 0.15) is 24.3 Å². The van der Waals surface area contributed by atoms with Crippen molar-refractivity contribution in [1.29, 1.82) is 0 Å². The van der Waals surface area contributed by atoms with Crippen LogP contribution in [0.4, 0.5) is 5.82 Å². The molecule has 0 saturated heterocycles. The van der Waals surface area contributed by atoms with Crippen LogP contribution in [0.15, 0.2) is 52.2 Å². The van der Waals surface area contributed by atoms with Crippen LogP contribution in [0, 0.1) is 6.92 Å². The van der Waals surface area contributed by atoms with E-state index in [9.17, 15) is 4.79 Å². The molecule has 1 aliphatic rings. The van der Waals surface area contributed by atoms with Crippen LogP contribution < -0.4 is 10.6 Å². The number of nitrogens with zero attached hydrogens (tertiary/aromatic N) is 2. The topological polar surface area (TPSA) is 70.4 Å². The quantitative estimate of drug-likeness (QED) is 0.836. The minimum absolute atomic E-state index is 0.239. The summed E-state index contributed by atoms with van der Waals surface area (Å²) in [5.74, 6) is 0.785. The number of anilines is 1. The van der Waals surface area contributed by atoms with Crippen LogP contribution in [0.25, 0.3) is 0 Å². The molecule has 2 N–H and O–H groups in total. The van der Waals surface area contributed by atoms with Gasteiger partial charge in [-0.2, -0.15) is 0 Å². The minimum atomic E-state index is -0.317. The third kappa shape index (κ3) is 3.03. The Kier molecular flexibility index (Phi) is 4.35. The second kappa shape index (κ2) is 6.45. The molecule has 0 saturated carbocycles. The van der Waals surface area contributed by atoms with Crippen molar-refractivity contribution >= 4 is 29.1 Å². The Labute approximate surface area is 145 Å². The third-order valence-corrected chi connectivity index (χ3v) is 4.39. The van der Waals surface area contributed by atoms with Gasteiger partial charge in [-0.25, -0.2) is 0 Å². The van der Waals surface area contributed by atoms with Crippen LogP contribution in [0.5, 0.6) is 0 Å². The van der Waals surface area contributed by atoms with E-state index in [0.717, 1.165) is 11.3 Å². The average Bonchev–Trinajstić information content (AvgIpc) is 2.97. The number of allylic oxidation sites excluding steroid dienone is 1. The zero-order valence-electron chi connectivity index (χ0n) is 13.7. The van der Waals surface area contributed by atoms with Crippen molar-refractivity contribution in [1.82, 2.24) is 15.4 Å². The minimum Gasteiger partial charge on any atom is -0.360 e. The molecule has 0 aliphatic carbocycles. The standard InChI is InChI=1S/C17H18N4O2S/c1-10-9-13(20-23-10)18-16(22)14-11(2)21(3)17(24)19-15(14)12-7-5-4-6-8-12/h4-9,15H,1-3H3,(H,19,24)(H,18,20,22)/t15-/m0/s1. The molecule has 2 aromatic rings. The predicted octanol–water partition coefficient (Wildman–Crippen LogP) is 2.76. The first kappa shape index (κ1) is 16.2. The van der Waals surface area contributed by atoms with Crippen LogP contribution in [-0.4, -0.2) is 28.1 Å². The van der Waals surface area contributed by atoms with E-state index < -0.39 is 0 Å². The van der Waals surface area contributed by atoms with E-state index in [1.54, 1.807) is 17.9 Å². The number of thiocarbonyl (C=S) groups is 1. The Morgan fingerprint density at radius 3 is 2.67 bits per heavy atom. The molecule has 2 heterocycles. The van der Waals surface area contributed by atoms with Crippen molar-refractivity contribution in [2.24, 2.45) is 0 Å². The molecular weight excluding hydrogens is 324 g/mol. The van der Waals surface area contributed by atoms with Gasteiger partial charge in [0.15, 0.2) is 10.9 Å². The molecule has 1 aromatic heterocycles. The van der Waals surface area contributed by atoms with E-state index in [1.165, 1.54) is 0 Å². The summed E-state index contributed by atoms with van der Waals surface area (Å²) in [5.41, 5.74) is 2.36. The lowest BCUT2D eigenvalue weighted by molar-refractivity contribution is -0.113. The Balaban J connectivity index is 1.98. The summed E-state index contributed by atoms with van der Waals surface area (Å²) in [7, 11) is 1.83. The number of hydrogen-bond acceptors (Lipinski definition) is 4. The van der Waals surface area contributed by atoms with Gasteiger partial charge >= 0.3 is 0 Å². The summed E-state index contributed by atoms with van der Waals surface area (Å²) in [6.07, 6.45) is 0. The number of carbonyl (C=O) groups excluding carboxylic acids is 1. The molecule has 1 aliphatic heterocycles. The smallest absolute Gasteiger partial charge is 0.257 e. The van der Waals surface area contributed by atoms with E-state index in [1.807, 2.05) is 44.3 Å². The van der Waals surface area contributed by atoms with Crippen molar-refractivity contribution in [3.63, 3.8) is 0 Å². The summed E-state index contributed by atoms with van der Waals surface area (Å²) in [6, 6.07) is 11.1. The first-order valence-electron chi connectivity index (χ1n) is 7.52. The normalized spacial score (nSPS) is 17.7. The highest BCUT2D eigenvalue weighted by molar-refractivity contribution is 7.80. The number of carbonyl (C=O) groups is 1. The van der Waals surface area contributed by atoms with Crippen molar-refractivity contribution in [2.75, 3.05) is 12.4 Å². The van der Waals surface area contributed by atoms with Gasteiger partial charge in [0.1, 0.15) is 5.76 Å². The van der Waals surface area contributed by atoms with Crippen molar-refractivity contribution < 1.29 is 9.32 Å². The van der Waals surface area contributed by atoms with Gasteiger partial charge in [-0.15, -0.1) is 0 Å². The van der Waals surface area contributed by atoms with Gasteiger partial charge in [0.25, 0.3) is 5.91 Å². The lowest BCUT2D eigenvalue weighted by atomic mass is 9.94. The maximum absolute atomic E-state index is 12.9. The van der Waals surface area contributed by atoms with Gasteiger partial charge in [-0.1, -0.05) is 35.5 Å². The highest BCUT2D eigenvalue weighted by Crippen LogP contribution is 2.30. The molecule has 3 rings (SSSR count). The third-order valence-electron chi connectivity index (χ3n) is 4.00. The molecule has 0 radical (unpaired) electrons. The van der Waals surface area contributed by atoms with E-state index >= 15 is 0 Å². The lowest BCUT2D eigenvalue weighted by Crippen LogP contribution is -2.46. The van der Waals surface area contributed by atoms with Crippen molar-refractivity contribution in [3.8, 4) is 0 Å². The van der Waals surface area contributed by atoms with Crippen molar-refractivity contribution in [2.45, 2.75) is 19.9 Å². The second-order valence-electron chi connectivity index (χ2n) is 5.63. The Bertz CT molecular complexity index is 813. The largest absolute Gasteiger partial charge is 0.360 e. The lowest BCUT2D eigenvalue weighted by Gasteiger charge is -2.35. The summed E-state index contributed by atoms with van der Waals surface area (Å²) in [6.45, 7) is 3.65. The van der Waals surface area contributed by atoms with Crippen LogP contribution >= 0.6 is 12.2 Å². The van der Waals surface area contributed by atoms with Gasteiger partial charge < -0.3 is 20.1 Å². The van der Waals surface area contributed by atoms with Gasteiger partial charge in [0, 0.05) is 18.8 Å². The van der Waals surface area contributed by atoms with Gasteiger partial charge in [-0.3, -0.25) is 4.79 Å². The van der Waals surface area contributed by atoms with E-state index in [-0.39, 0.29) is 11.9 Å². The van der Waals surface area contributed by atoms with Crippen LogP contribution in [-0.2, 0) is 4.79 Å².